The van der Waals surface area contributed by atoms with Crippen molar-refractivity contribution in [1.82, 2.24) is 14.8 Å². The topological polar surface area (TPSA) is 39.9 Å². The number of hydrogen-bond acceptors (Lipinski definition) is 3. The maximum atomic E-state index is 13.2. The van der Waals surface area contributed by atoms with Gasteiger partial charge in [0.2, 0.25) is 0 Å². The van der Waals surface area contributed by atoms with E-state index in [-0.39, 0.29) is 18.7 Å². The molecule has 1 saturated carbocycles. The number of ether oxygens (including phenoxy) is 1. The van der Waals surface area contributed by atoms with Crippen molar-refractivity contribution < 1.29 is 22.3 Å². The van der Waals surface area contributed by atoms with Crippen LogP contribution in [0.25, 0.3) is 0 Å². The number of halogens is 5. The Morgan fingerprint density at radius 3 is 2.61 bits per heavy atom. The third kappa shape index (κ3) is 2.99. The molecule has 1 fully saturated rings. The van der Waals surface area contributed by atoms with Crippen LogP contribution in [0.2, 0.25) is 0 Å². The molecule has 0 spiro atoms. The highest BCUT2D eigenvalue weighted by atomic mass is 79.9. The van der Waals surface area contributed by atoms with Gasteiger partial charge in [-0.25, -0.2) is 0 Å². The zero-order valence-corrected chi connectivity index (χ0v) is 13.3. The van der Waals surface area contributed by atoms with Crippen molar-refractivity contribution in [3.63, 3.8) is 0 Å². The van der Waals surface area contributed by atoms with Gasteiger partial charge in [0.1, 0.15) is 12.2 Å². The van der Waals surface area contributed by atoms with Crippen molar-refractivity contribution in [2.75, 3.05) is 0 Å². The van der Waals surface area contributed by atoms with E-state index in [9.17, 15) is 17.6 Å². The maximum absolute atomic E-state index is 13.2. The molecule has 4 nitrogen and oxygen atoms in total. The van der Waals surface area contributed by atoms with Crippen LogP contribution in [0.15, 0.2) is 35.1 Å². The lowest BCUT2D eigenvalue weighted by atomic mass is 9.62. The molecule has 0 bridgehead atoms. The van der Waals surface area contributed by atoms with E-state index in [2.05, 4.69) is 30.9 Å². The van der Waals surface area contributed by atoms with Crippen molar-refractivity contribution in [2.24, 2.45) is 0 Å². The second-order valence-electron chi connectivity index (χ2n) is 5.36. The summed E-state index contributed by atoms with van der Waals surface area (Å²) in [5, 5.41) is 7.38. The van der Waals surface area contributed by atoms with Crippen molar-refractivity contribution in [3.05, 3.63) is 46.5 Å². The normalized spacial score (nSPS) is 24.2. The largest absolute Gasteiger partial charge is 0.345 e. The van der Waals surface area contributed by atoms with Crippen molar-refractivity contribution in [2.45, 2.75) is 37.5 Å². The van der Waals surface area contributed by atoms with Crippen molar-refractivity contribution >= 4 is 15.9 Å². The fourth-order valence-electron chi connectivity index (χ4n) is 3.02. The summed E-state index contributed by atoms with van der Waals surface area (Å²) in [6.45, 7) is -5.70. The summed E-state index contributed by atoms with van der Waals surface area (Å²) in [5.74, 6) is 0.0553. The minimum Gasteiger partial charge on any atom is -0.320 e. The molecule has 1 aliphatic carbocycles. The van der Waals surface area contributed by atoms with Crippen LogP contribution in [-0.4, -0.2) is 27.5 Å². The summed E-state index contributed by atoms with van der Waals surface area (Å²) in [5.41, 5.74) is -0.216. The first-order valence-electron chi connectivity index (χ1n) is 6.80. The molecule has 23 heavy (non-hydrogen) atoms. The summed E-state index contributed by atoms with van der Waals surface area (Å²) < 4.78 is 57.1. The second kappa shape index (κ2) is 6.20. The summed E-state index contributed by atoms with van der Waals surface area (Å²) in [6.07, 6.45) is 0.510. The number of hydrogen-bond donors (Lipinski definition) is 0. The Bertz CT molecular complexity index is 688. The Morgan fingerprint density at radius 2 is 2.00 bits per heavy atom. The van der Waals surface area contributed by atoms with Crippen LogP contribution >= 0.6 is 15.9 Å². The van der Waals surface area contributed by atoms with E-state index >= 15 is 0 Å². The van der Waals surface area contributed by atoms with Crippen LogP contribution in [0, 0.1) is 0 Å². The molecule has 124 valence electrons. The molecule has 2 aromatic rings. The average molecular weight is 394 g/mol. The zero-order chi connectivity index (χ0) is 16.6. The van der Waals surface area contributed by atoms with Crippen LogP contribution < -0.4 is 0 Å². The first kappa shape index (κ1) is 16.4. The van der Waals surface area contributed by atoms with Crippen LogP contribution in [0.3, 0.4) is 0 Å². The summed E-state index contributed by atoms with van der Waals surface area (Å²) in [7, 11) is 0. The maximum Gasteiger partial charge on any atom is 0.345 e. The predicted molar refractivity (Wildman–Crippen MR) is 76.3 cm³/mol. The lowest BCUT2D eigenvalue weighted by molar-refractivity contribution is -0.193. The van der Waals surface area contributed by atoms with E-state index in [1.165, 1.54) is 0 Å². The molecule has 3 rings (SSSR count). The predicted octanol–water partition coefficient (Wildman–Crippen LogP) is 4.12. The van der Waals surface area contributed by atoms with Gasteiger partial charge in [0.05, 0.1) is 11.5 Å². The molecule has 1 aromatic carbocycles. The van der Waals surface area contributed by atoms with Crippen LogP contribution in [0.4, 0.5) is 17.6 Å². The molecular formula is C14H12BrF4N3O. The van der Waals surface area contributed by atoms with Gasteiger partial charge < -0.3 is 4.74 Å². The van der Waals surface area contributed by atoms with Crippen molar-refractivity contribution in [3.8, 4) is 0 Å². The smallest absolute Gasteiger partial charge is 0.320 e. The summed E-state index contributed by atoms with van der Waals surface area (Å²) in [6, 6.07) is 7.07. The molecule has 9 heteroatoms. The lowest BCUT2D eigenvalue weighted by Crippen LogP contribution is -2.49. The molecule has 1 aromatic heterocycles. The number of rotatable bonds is 5. The van der Waals surface area contributed by atoms with Gasteiger partial charge in [0, 0.05) is 4.47 Å². The lowest BCUT2D eigenvalue weighted by Gasteiger charge is -2.46. The summed E-state index contributed by atoms with van der Waals surface area (Å²) in [4.78, 5) is 0. The Balaban J connectivity index is 2.00. The first-order chi connectivity index (χ1) is 10.9. The fourth-order valence-corrected chi connectivity index (χ4v) is 3.42. The van der Waals surface area contributed by atoms with Gasteiger partial charge in [-0.05, 0) is 30.5 Å². The molecule has 0 saturated heterocycles. The summed E-state index contributed by atoms with van der Waals surface area (Å²) >= 11 is 3.33. The molecule has 0 unspecified atom stereocenters. The molecule has 1 aliphatic rings. The zero-order valence-electron chi connectivity index (χ0n) is 11.7. The van der Waals surface area contributed by atoms with Crippen LogP contribution in [0.1, 0.15) is 30.8 Å². The van der Waals surface area contributed by atoms with E-state index in [0.29, 0.717) is 10.1 Å². The van der Waals surface area contributed by atoms with Gasteiger partial charge in [-0.15, -0.1) is 10.2 Å². The number of nitrogens with zero attached hydrogens (tertiary/aromatic N) is 3. The van der Waals surface area contributed by atoms with Gasteiger partial charge in [0.25, 0.3) is 0 Å². The molecule has 0 radical (unpaired) electrons. The third-order valence-corrected chi connectivity index (χ3v) is 4.53. The van der Waals surface area contributed by atoms with Gasteiger partial charge in [-0.1, -0.05) is 28.1 Å². The second-order valence-corrected chi connectivity index (χ2v) is 6.27. The number of alkyl halides is 4. The highest BCUT2D eigenvalue weighted by Gasteiger charge is 2.52. The third-order valence-electron chi connectivity index (χ3n) is 4.04. The van der Waals surface area contributed by atoms with E-state index in [0.717, 1.165) is 10.8 Å². The van der Waals surface area contributed by atoms with Crippen LogP contribution in [0.5, 0.6) is 0 Å². The number of aromatic nitrogens is 3. The quantitative estimate of drug-likeness (QED) is 0.717. The van der Waals surface area contributed by atoms with Crippen LogP contribution in [-0.2, 0) is 10.2 Å². The van der Waals surface area contributed by atoms with Gasteiger partial charge in [-0.2, -0.15) is 17.6 Å². The highest BCUT2D eigenvalue weighted by Crippen LogP contribution is 2.50. The SMILES string of the molecule is FC(F)OC1CC(c2cccc(Br)c2)(c2nncn2C(F)F)C1. The van der Waals surface area contributed by atoms with E-state index in [1.54, 1.807) is 24.3 Å². The minimum absolute atomic E-state index is 0.0553. The monoisotopic (exact) mass is 393 g/mol. The molecule has 0 amide bonds. The molecular weight excluding hydrogens is 382 g/mol. The van der Waals surface area contributed by atoms with E-state index < -0.39 is 24.7 Å². The Hall–Kier alpha value is -1.48. The van der Waals surface area contributed by atoms with E-state index in [1.807, 2.05) is 0 Å². The molecule has 1 heterocycles. The molecule has 0 aliphatic heterocycles. The van der Waals surface area contributed by atoms with Gasteiger partial charge >= 0.3 is 13.2 Å². The Labute approximate surface area is 137 Å². The average Bonchev–Trinajstić information content (AvgIpc) is 2.91. The minimum atomic E-state index is -2.89. The van der Waals surface area contributed by atoms with Gasteiger partial charge in [-0.3, -0.25) is 4.57 Å². The Kier molecular flexibility index (Phi) is 4.41. The molecule has 0 N–H and O–H groups in total. The highest BCUT2D eigenvalue weighted by molar-refractivity contribution is 9.10. The van der Waals surface area contributed by atoms with Gasteiger partial charge in [0.15, 0.2) is 0 Å². The Morgan fingerprint density at radius 1 is 1.26 bits per heavy atom. The van der Waals surface area contributed by atoms with E-state index in [4.69, 9.17) is 0 Å². The molecule has 0 atom stereocenters. The fraction of sp³-hybridized carbons (Fsp3) is 0.429. The van der Waals surface area contributed by atoms with Crippen molar-refractivity contribution in [1.29, 1.82) is 0 Å². The first-order valence-corrected chi connectivity index (χ1v) is 7.59. The number of benzene rings is 1. The standard InChI is InChI=1S/C14H12BrF4N3O/c15-9-3-1-2-8(4-9)14(5-10(6-14)23-13(18)19)11-21-20-7-22(11)12(16)17/h1-4,7,10,12-13H,5-6H2.